The number of hydrogen-bond acceptors (Lipinski definition) is 5. The molecule has 3 aromatic carbocycles. The third-order valence-electron chi connectivity index (χ3n) is 5.85. The average molecular weight is 445 g/mol. The third kappa shape index (κ3) is 5.79. The van der Waals surface area contributed by atoms with Gasteiger partial charge in [-0.3, -0.25) is 4.79 Å². The van der Waals surface area contributed by atoms with Crippen molar-refractivity contribution in [3.63, 3.8) is 0 Å². The number of nitrogens with one attached hydrogen (secondary N) is 1. The smallest absolute Gasteiger partial charge is 0.337 e. The molecule has 4 rings (SSSR count). The van der Waals surface area contributed by atoms with Gasteiger partial charge in [-0.15, -0.1) is 0 Å². The Kier molecular flexibility index (Phi) is 7.05. The minimum Gasteiger partial charge on any atom is -0.489 e. The summed E-state index contributed by atoms with van der Waals surface area (Å²) in [4.78, 5) is 24.6. The minimum atomic E-state index is -0.788. The molecule has 0 heterocycles. The molecular weight excluding hydrogens is 416 g/mol. The van der Waals surface area contributed by atoms with Crippen LogP contribution in [0, 0.1) is 5.92 Å². The van der Waals surface area contributed by atoms with Crippen LogP contribution in [0.5, 0.6) is 5.75 Å². The van der Waals surface area contributed by atoms with Gasteiger partial charge in [0.25, 0.3) is 0 Å². The van der Waals surface area contributed by atoms with Crippen LogP contribution in [-0.2, 0) is 16.1 Å². The Bertz CT molecular complexity index is 1080. The number of esters is 1. The molecule has 0 saturated heterocycles. The van der Waals surface area contributed by atoms with Gasteiger partial charge in [0.2, 0.25) is 5.91 Å². The number of ether oxygens (including phenoxy) is 2. The van der Waals surface area contributed by atoms with Crippen LogP contribution in [0.3, 0.4) is 0 Å². The van der Waals surface area contributed by atoms with Gasteiger partial charge >= 0.3 is 5.97 Å². The van der Waals surface area contributed by atoms with E-state index in [4.69, 9.17) is 15.2 Å². The van der Waals surface area contributed by atoms with Crippen molar-refractivity contribution >= 4 is 11.9 Å². The first-order valence-corrected chi connectivity index (χ1v) is 11.1. The van der Waals surface area contributed by atoms with Crippen molar-refractivity contribution in [1.29, 1.82) is 0 Å². The molecule has 1 aliphatic carbocycles. The molecule has 0 spiro atoms. The summed E-state index contributed by atoms with van der Waals surface area (Å²) in [5.41, 5.74) is 9.51. The van der Waals surface area contributed by atoms with Crippen LogP contribution in [-0.4, -0.2) is 19.0 Å². The summed E-state index contributed by atoms with van der Waals surface area (Å²) in [5, 5.41) is 3.11. The van der Waals surface area contributed by atoms with Crippen molar-refractivity contribution in [3.8, 4) is 5.75 Å². The molecule has 0 aliphatic heterocycles. The molecular formula is C27H28N2O4. The molecule has 6 heteroatoms. The van der Waals surface area contributed by atoms with E-state index in [-0.39, 0.29) is 17.9 Å². The molecule has 3 N–H and O–H groups in total. The topological polar surface area (TPSA) is 90.7 Å². The number of carbonyl (C=O) groups is 2. The summed E-state index contributed by atoms with van der Waals surface area (Å²) < 4.78 is 10.6. The van der Waals surface area contributed by atoms with E-state index in [0.29, 0.717) is 18.1 Å². The number of rotatable bonds is 9. The zero-order chi connectivity index (χ0) is 23.2. The van der Waals surface area contributed by atoms with Crippen molar-refractivity contribution in [2.45, 2.75) is 31.5 Å². The van der Waals surface area contributed by atoms with Crippen LogP contribution in [0.1, 0.15) is 52.0 Å². The summed E-state index contributed by atoms with van der Waals surface area (Å²) in [6.07, 6.45) is 2.10. The fraction of sp³-hybridized carbons (Fsp3) is 0.259. The van der Waals surface area contributed by atoms with Crippen molar-refractivity contribution in [2.24, 2.45) is 11.7 Å². The molecule has 0 bridgehead atoms. The predicted molar refractivity (Wildman–Crippen MR) is 126 cm³/mol. The van der Waals surface area contributed by atoms with Crippen LogP contribution in [0.2, 0.25) is 0 Å². The summed E-state index contributed by atoms with van der Waals surface area (Å²) in [5.74, 6) is 0.476. The largest absolute Gasteiger partial charge is 0.489 e. The van der Waals surface area contributed by atoms with Crippen LogP contribution >= 0.6 is 0 Å². The van der Waals surface area contributed by atoms with Gasteiger partial charge in [-0.1, -0.05) is 54.6 Å². The molecule has 1 unspecified atom stereocenters. The van der Waals surface area contributed by atoms with E-state index in [2.05, 4.69) is 5.32 Å². The maximum atomic E-state index is 12.9. The van der Waals surface area contributed by atoms with E-state index >= 15 is 0 Å². The molecule has 1 saturated carbocycles. The monoisotopic (exact) mass is 444 g/mol. The van der Waals surface area contributed by atoms with Gasteiger partial charge in [-0.2, -0.15) is 0 Å². The Morgan fingerprint density at radius 2 is 1.58 bits per heavy atom. The van der Waals surface area contributed by atoms with Gasteiger partial charge in [0.1, 0.15) is 18.4 Å². The normalized spacial score (nSPS) is 14.7. The SMILES string of the molecule is COC(=O)c1ccc([C@H](NC(=O)C(N)c2ccc(OCc3ccccc3)cc2)C2CC2)cc1. The van der Waals surface area contributed by atoms with Gasteiger partial charge in [-0.05, 0) is 59.7 Å². The van der Waals surface area contributed by atoms with E-state index in [9.17, 15) is 9.59 Å². The lowest BCUT2D eigenvalue weighted by Gasteiger charge is -2.22. The lowest BCUT2D eigenvalue weighted by Crippen LogP contribution is -2.37. The molecule has 6 nitrogen and oxygen atoms in total. The second-order valence-electron chi connectivity index (χ2n) is 8.26. The molecule has 2 atom stereocenters. The second kappa shape index (κ2) is 10.3. The molecule has 1 fully saturated rings. The molecule has 3 aromatic rings. The lowest BCUT2D eigenvalue weighted by atomic mass is 9.99. The molecule has 33 heavy (non-hydrogen) atoms. The fourth-order valence-corrected chi connectivity index (χ4v) is 3.75. The lowest BCUT2D eigenvalue weighted by molar-refractivity contribution is -0.123. The van der Waals surface area contributed by atoms with E-state index in [0.717, 1.165) is 35.3 Å². The Labute approximate surface area is 193 Å². The first-order chi connectivity index (χ1) is 16.0. The minimum absolute atomic E-state index is 0.135. The second-order valence-corrected chi connectivity index (χ2v) is 8.26. The highest BCUT2D eigenvalue weighted by molar-refractivity contribution is 5.89. The highest BCUT2D eigenvalue weighted by Gasteiger charge is 2.34. The highest BCUT2D eigenvalue weighted by atomic mass is 16.5. The maximum Gasteiger partial charge on any atom is 0.337 e. The Hall–Kier alpha value is -3.64. The predicted octanol–water partition coefficient (Wildman–Crippen LogP) is 4.32. The molecule has 1 aliphatic rings. The number of methoxy groups -OCH3 is 1. The quantitative estimate of drug-likeness (QED) is 0.480. The summed E-state index contributed by atoms with van der Waals surface area (Å²) in [6, 6.07) is 23.5. The zero-order valence-corrected chi connectivity index (χ0v) is 18.6. The fourth-order valence-electron chi connectivity index (χ4n) is 3.75. The Morgan fingerprint density at radius 1 is 0.939 bits per heavy atom. The maximum absolute atomic E-state index is 12.9. The van der Waals surface area contributed by atoms with Gasteiger partial charge in [-0.25, -0.2) is 4.79 Å². The molecule has 1 amide bonds. The third-order valence-corrected chi connectivity index (χ3v) is 5.85. The van der Waals surface area contributed by atoms with E-state index in [1.807, 2.05) is 66.7 Å². The molecule has 0 radical (unpaired) electrons. The first-order valence-electron chi connectivity index (χ1n) is 11.1. The van der Waals surface area contributed by atoms with Crippen LogP contribution in [0.4, 0.5) is 0 Å². The van der Waals surface area contributed by atoms with Crippen LogP contribution in [0.15, 0.2) is 78.9 Å². The average Bonchev–Trinajstić information content (AvgIpc) is 3.71. The highest BCUT2D eigenvalue weighted by Crippen LogP contribution is 2.41. The number of amides is 1. The summed E-state index contributed by atoms with van der Waals surface area (Å²) in [6.45, 7) is 0.477. The Morgan fingerprint density at radius 3 is 2.18 bits per heavy atom. The number of hydrogen-bond donors (Lipinski definition) is 2. The molecule has 170 valence electrons. The van der Waals surface area contributed by atoms with Crippen molar-refractivity contribution < 1.29 is 19.1 Å². The van der Waals surface area contributed by atoms with Gasteiger partial charge in [0.05, 0.1) is 18.7 Å². The van der Waals surface area contributed by atoms with Gasteiger partial charge < -0.3 is 20.5 Å². The number of benzene rings is 3. The summed E-state index contributed by atoms with van der Waals surface area (Å²) in [7, 11) is 1.35. The van der Waals surface area contributed by atoms with Crippen molar-refractivity contribution in [2.75, 3.05) is 7.11 Å². The molecule has 0 aromatic heterocycles. The standard InChI is InChI=1S/C27H28N2O4/c1-32-27(31)22-11-9-21(10-12-22)25(20-7-8-20)29-26(30)24(28)19-13-15-23(16-14-19)33-17-18-5-3-2-4-6-18/h2-6,9-16,20,24-25H,7-8,17,28H2,1H3,(H,29,30)/t24?,25-/m1/s1. The van der Waals surface area contributed by atoms with Crippen LogP contribution < -0.4 is 15.8 Å². The van der Waals surface area contributed by atoms with Gasteiger partial charge in [0, 0.05) is 0 Å². The number of carbonyl (C=O) groups excluding carboxylic acids is 2. The zero-order valence-electron chi connectivity index (χ0n) is 18.6. The van der Waals surface area contributed by atoms with E-state index in [1.54, 1.807) is 12.1 Å². The van der Waals surface area contributed by atoms with Crippen molar-refractivity contribution in [3.05, 3.63) is 101 Å². The Balaban J connectivity index is 1.37. The van der Waals surface area contributed by atoms with E-state index in [1.165, 1.54) is 7.11 Å². The first kappa shape index (κ1) is 22.6. The number of nitrogens with two attached hydrogens (primary N) is 1. The van der Waals surface area contributed by atoms with Crippen LogP contribution in [0.25, 0.3) is 0 Å². The van der Waals surface area contributed by atoms with Crippen molar-refractivity contribution in [1.82, 2.24) is 5.32 Å². The van der Waals surface area contributed by atoms with E-state index < -0.39 is 6.04 Å². The summed E-state index contributed by atoms with van der Waals surface area (Å²) >= 11 is 0. The van der Waals surface area contributed by atoms with Gasteiger partial charge in [0.15, 0.2) is 0 Å².